The van der Waals surface area contributed by atoms with Gasteiger partial charge in [-0.15, -0.1) is 0 Å². The topological polar surface area (TPSA) is 209 Å². The summed E-state index contributed by atoms with van der Waals surface area (Å²) >= 11 is 0. The zero-order valence-electron chi connectivity index (χ0n) is 76.1. The predicted molar refractivity (Wildman–Crippen MR) is 573 cm³/mol. The Morgan fingerprint density at radius 2 is 0.503 bits per heavy atom. The van der Waals surface area contributed by atoms with Crippen molar-refractivity contribution in [2.45, 2.75) is 0 Å². The lowest BCUT2D eigenvalue weighted by Gasteiger charge is -2.11. The summed E-state index contributed by atoms with van der Waals surface area (Å²) in [6.07, 6.45) is 0. The lowest BCUT2D eigenvalue weighted by Crippen LogP contribution is -2.02. The molecular weight excluding hydrogens is 1760 g/mol. The molecule has 15 heteroatoms. The molecule has 0 aliphatic carbocycles. The maximum absolute atomic E-state index is 10.0. The van der Waals surface area contributed by atoms with Crippen LogP contribution in [0.4, 0.5) is 0 Å². The van der Waals surface area contributed by atoms with Gasteiger partial charge in [-0.2, -0.15) is 10.5 Å². The molecule has 666 valence electrons. The molecule has 29 rings (SSSR count). The van der Waals surface area contributed by atoms with Crippen LogP contribution in [0, 0.1) is 22.7 Å². The van der Waals surface area contributed by atoms with Gasteiger partial charge in [0.1, 0.15) is 78.2 Å². The summed E-state index contributed by atoms with van der Waals surface area (Å²) in [4.78, 5) is 31.3. The second-order valence-electron chi connectivity index (χ2n) is 35.4. The van der Waals surface area contributed by atoms with Gasteiger partial charge in [0.15, 0.2) is 40.0 Å². The second-order valence-corrected chi connectivity index (χ2v) is 35.4. The third-order valence-electron chi connectivity index (χ3n) is 27.1. The molecule has 0 N–H and O–H groups in total. The van der Waals surface area contributed by atoms with E-state index < -0.39 is 0 Å². The van der Waals surface area contributed by atoms with Crippen LogP contribution in [0.2, 0.25) is 0 Å². The maximum atomic E-state index is 10.0. The zero-order valence-corrected chi connectivity index (χ0v) is 76.1. The third kappa shape index (κ3) is 14.0. The highest BCUT2D eigenvalue weighted by Crippen LogP contribution is 2.51. The molecule has 0 fully saturated rings. The fourth-order valence-electron chi connectivity index (χ4n) is 20.6. The molecule has 0 atom stereocenters. The van der Waals surface area contributed by atoms with E-state index in [-0.39, 0.29) is 0 Å². The Labute approximate surface area is 815 Å². The standard InChI is InChI=1S/C46H27N3O2.2C41H23N3O2/c1-3-14-28(15-4-1)30-26-35(29-16-5-2-6-17-29)43-36(27-30)41-34(21-13-25-40(41)51-43)45-47-42-33-20-9-12-24-39(33)50-44(42)46(48-45)49-37-22-10-7-18-31(37)32-19-8-11-23-38(32)49;42-24-25-11-9-16-28(21-25)37-40-38(30-17-7-8-19-34(30)45-40)44-41(43-37)31-18-10-20-35-36(31)33-23-29(26-12-3-1-4-13-26)22-32(39(33)46-35)27-14-5-2-6-15-27;42-24-27-16-7-8-17-29(27)37-40-38(30-18-9-10-20-34(30)45-40)44-41(43-37)31-19-11-21-35-36(31)33-23-28(25-12-3-1-4-13-25)22-32(39(33)46-35)26-14-5-2-6-15-26/h1-27H;2*1-23H. The first-order valence-corrected chi connectivity index (χ1v) is 47.2. The highest BCUT2D eigenvalue weighted by atomic mass is 16.4. The fourth-order valence-corrected chi connectivity index (χ4v) is 20.6. The fraction of sp³-hybridized carbons (Fsp3) is 0. The summed E-state index contributed by atoms with van der Waals surface area (Å²) < 4.78 is 41.6. The Kier molecular flexibility index (Phi) is 19.6. The molecule has 0 radical (unpaired) electrons. The van der Waals surface area contributed by atoms with Crippen LogP contribution in [-0.2, 0) is 0 Å². The van der Waals surface area contributed by atoms with Crippen LogP contribution < -0.4 is 0 Å². The summed E-state index contributed by atoms with van der Waals surface area (Å²) in [6, 6.07) is 154. The van der Waals surface area contributed by atoms with Gasteiger partial charge in [0.25, 0.3) is 0 Å². The van der Waals surface area contributed by atoms with Gasteiger partial charge in [-0.05, 0) is 171 Å². The number of para-hydroxylation sites is 5. The quantitative estimate of drug-likeness (QED) is 0.111. The summed E-state index contributed by atoms with van der Waals surface area (Å²) in [5.74, 6) is 2.38. The Hall–Kier alpha value is -20.0. The van der Waals surface area contributed by atoms with Gasteiger partial charge in [0.2, 0.25) is 0 Å². The smallest absolute Gasteiger partial charge is 0.197 e. The van der Waals surface area contributed by atoms with Crippen molar-refractivity contribution in [1.29, 1.82) is 10.5 Å². The van der Waals surface area contributed by atoms with Crippen molar-refractivity contribution in [3.05, 3.63) is 454 Å². The lowest BCUT2D eigenvalue weighted by atomic mass is 9.95. The number of rotatable bonds is 12. The number of nitrogens with zero attached hydrogens (tertiary/aromatic N) is 9. The minimum Gasteiger partial charge on any atom is -0.455 e. The van der Waals surface area contributed by atoms with Gasteiger partial charge in [-0.3, -0.25) is 4.57 Å². The van der Waals surface area contributed by atoms with Gasteiger partial charge >= 0.3 is 0 Å². The molecule has 10 heterocycles. The highest BCUT2D eigenvalue weighted by Gasteiger charge is 2.30. The van der Waals surface area contributed by atoms with E-state index in [9.17, 15) is 10.5 Å². The number of benzene rings is 19. The average molecular weight is 1830 g/mol. The van der Waals surface area contributed by atoms with Crippen molar-refractivity contribution in [1.82, 2.24) is 34.5 Å². The summed E-state index contributed by atoms with van der Waals surface area (Å²) in [5, 5.41) is 30.5. The van der Waals surface area contributed by atoms with E-state index in [2.05, 4.69) is 235 Å². The van der Waals surface area contributed by atoms with Gasteiger partial charge in [-0.25, -0.2) is 29.9 Å². The van der Waals surface area contributed by atoms with Crippen molar-refractivity contribution < 1.29 is 26.5 Å². The van der Waals surface area contributed by atoms with Crippen LogP contribution in [0.15, 0.2) is 469 Å². The van der Waals surface area contributed by atoms with E-state index in [0.717, 1.165) is 215 Å². The molecule has 15 nitrogen and oxygen atoms in total. The average Bonchev–Trinajstić information content (AvgIpc) is 1.56. The molecule has 143 heavy (non-hydrogen) atoms. The number of furan rings is 6. The maximum Gasteiger partial charge on any atom is 0.197 e. The van der Waals surface area contributed by atoms with Crippen LogP contribution in [0.1, 0.15) is 11.1 Å². The molecule has 0 saturated carbocycles. The van der Waals surface area contributed by atoms with E-state index in [4.69, 9.17) is 56.4 Å². The van der Waals surface area contributed by atoms with Crippen molar-refractivity contribution in [2.75, 3.05) is 0 Å². The number of nitriles is 2. The second kappa shape index (κ2) is 34.1. The predicted octanol–water partition coefficient (Wildman–Crippen LogP) is 34.0. The molecule has 19 aromatic carbocycles. The van der Waals surface area contributed by atoms with Gasteiger partial charge in [-0.1, -0.05) is 322 Å². The molecule has 0 unspecified atom stereocenters. The molecular formula is C128H73N9O6. The van der Waals surface area contributed by atoms with Gasteiger partial charge in [0, 0.05) is 104 Å². The van der Waals surface area contributed by atoms with Crippen LogP contribution in [-0.4, -0.2) is 34.5 Å². The molecule has 0 spiro atoms. The van der Waals surface area contributed by atoms with Crippen molar-refractivity contribution in [3.63, 3.8) is 0 Å². The summed E-state index contributed by atoms with van der Waals surface area (Å²) in [5.41, 5.74) is 32.3. The van der Waals surface area contributed by atoms with E-state index in [1.807, 2.05) is 212 Å². The molecule has 0 saturated heterocycles. The monoisotopic (exact) mass is 1830 g/mol. The Morgan fingerprint density at radius 1 is 0.196 bits per heavy atom. The van der Waals surface area contributed by atoms with Crippen molar-refractivity contribution in [2.24, 2.45) is 0 Å². The number of hydrogen-bond acceptors (Lipinski definition) is 14. The van der Waals surface area contributed by atoms with E-state index in [1.165, 1.54) is 0 Å². The van der Waals surface area contributed by atoms with Crippen LogP contribution in [0.5, 0.6) is 0 Å². The van der Waals surface area contributed by atoms with Crippen molar-refractivity contribution in [3.8, 4) is 141 Å². The SMILES string of the molecule is N#Cc1cccc(-c2nc(-c3cccc4oc5c(-c6ccccc6)cc(-c6ccccc6)cc5c34)nc3c2oc2ccccc23)c1.N#Cc1ccccc1-c1nc(-c2cccc3oc4c(-c5ccccc5)cc(-c5ccccc5)cc4c23)nc2c1oc1ccccc12.c1ccc(-c2cc(-c3ccccc3)c3oc4cccc(-c5nc(-n6c7ccccc7c7ccccc76)c6oc7ccccc7c6n5)c4c3c2)cc1. The van der Waals surface area contributed by atoms with Crippen molar-refractivity contribution >= 4 is 154 Å². The third-order valence-corrected chi connectivity index (χ3v) is 27.1. The molecule has 10 aromatic heterocycles. The summed E-state index contributed by atoms with van der Waals surface area (Å²) in [7, 11) is 0. The van der Waals surface area contributed by atoms with Crippen LogP contribution >= 0.6 is 0 Å². The Bertz CT molecular complexity index is 10200. The molecule has 0 bridgehead atoms. The first-order chi connectivity index (χ1) is 70.8. The molecule has 0 amide bonds. The van der Waals surface area contributed by atoms with Gasteiger partial charge < -0.3 is 26.5 Å². The van der Waals surface area contributed by atoms with Crippen LogP contribution in [0.25, 0.3) is 283 Å². The Morgan fingerprint density at radius 3 is 0.916 bits per heavy atom. The number of aromatic nitrogens is 7. The first kappa shape index (κ1) is 82.5. The van der Waals surface area contributed by atoms with E-state index >= 15 is 0 Å². The lowest BCUT2D eigenvalue weighted by molar-refractivity contribution is 0.662. The largest absolute Gasteiger partial charge is 0.455 e. The number of fused-ring (bicyclic) bond motifs is 21. The summed E-state index contributed by atoms with van der Waals surface area (Å²) in [6.45, 7) is 0. The van der Waals surface area contributed by atoms with E-state index in [0.29, 0.717) is 79.2 Å². The highest BCUT2D eigenvalue weighted by molar-refractivity contribution is 6.22. The van der Waals surface area contributed by atoms with Crippen LogP contribution in [0.3, 0.4) is 0 Å². The zero-order chi connectivity index (χ0) is 94.7. The first-order valence-electron chi connectivity index (χ1n) is 47.2. The number of hydrogen-bond donors (Lipinski definition) is 0. The normalized spacial score (nSPS) is 11.6. The minimum atomic E-state index is 0.515. The Balaban J connectivity index is 0.000000107. The molecule has 0 aliphatic rings. The van der Waals surface area contributed by atoms with Gasteiger partial charge in [0.05, 0.1) is 34.3 Å². The molecule has 29 aromatic rings. The minimum absolute atomic E-state index is 0.515. The van der Waals surface area contributed by atoms with E-state index in [1.54, 1.807) is 12.1 Å². The molecule has 0 aliphatic heterocycles.